The fourth-order valence-electron chi connectivity index (χ4n) is 1.47. The Morgan fingerprint density at radius 2 is 1.82 bits per heavy atom. The summed E-state index contributed by atoms with van der Waals surface area (Å²) in [7, 11) is -3.48. The van der Waals surface area contributed by atoms with Gasteiger partial charge in [0.05, 0.1) is 4.90 Å². The van der Waals surface area contributed by atoms with E-state index >= 15 is 0 Å². The number of hydrogen-bond acceptors (Lipinski definition) is 3. The number of carbonyl (C=O) groups is 1. The van der Waals surface area contributed by atoms with Crippen molar-refractivity contribution in [3.05, 3.63) is 41.3 Å². The number of allylic oxidation sites excluding steroid dienone is 1. The Kier molecular flexibility index (Phi) is 3.15. The van der Waals surface area contributed by atoms with Crippen LogP contribution in [0.2, 0.25) is 0 Å². The topological polar surface area (TPSA) is 51.2 Å². The van der Waals surface area contributed by atoms with Crippen LogP contribution in [0.4, 0.5) is 0 Å². The SMILES string of the molecule is Cc1ccc(S(=O)(=O)/C=C\C(=O)C2CC2)cc1. The van der Waals surface area contributed by atoms with Crippen molar-refractivity contribution in [2.45, 2.75) is 24.7 Å². The number of carbonyl (C=O) groups excluding carboxylic acids is 1. The van der Waals surface area contributed by atoms with Crippen molar-refractivity contribution < 1.29 is 13.2 Å². The van der Waals surface area contributed by atoms with Crippen molar-refractivity contribution >= 4 is 15.6 Å². The molecule has 3 nitrogen and oxygen atoms in total. The first kappa shape index (κ1) is 12.0. The lowest BCUT2D eigenvalue weighted by Crippen LogP contribution is -2.00. The van der Waals surface area contributed by atoms with Gasteiger partial charge in [0, 0.05) is 11.3 Å². The maximum absolute atomic E-state index is 11.9. The average molecular weight is 250 g/mol. The lowest BCUT2D eigenvalue weighted by Gasteiger charge is -1.99. The summed E-state index contributed by atoms with van der Waals surface area (Å²) in [5.41, 5.74) is 1.00. The van der Waals surface area contributed by atoms with Gasteiger partial charge in [-0.05, 0) is 38.0 Å². The monoisotopic (exact) mass is 250 g/mol. The lowest BCUT2D eigenvalue weighted by molar-refractivity contribution is -0.115. The third-order valence-corrected chi connectivity index (χ3v) is 4.16. The fourth-order valence-corrected chi connectivity index (χ4v) is 2.45. The molecule has 0 aliphatic heterocycles. The molecule has 17 heavy (non-hydrogen) atoms. The molecule has 0 N–H and O–H groups in total. The van der Waals surface area contributed by atoms with Crippen LogP contribution < -0.4 is 0 Å². The molecule has 1 aliphatic carbocycles. The molecule has 2 rings (SSSR count). The molecule has 1 saturated carbocycles. The molecule has 0 radical (unpaired) electrons. The zero-order valence-corrected chi connectivity index (χ0v) is 10.4. The Balaban J connectivity index is 2.18. The molecular weight excluding hydrogens is 236 g/mol. The van der Waals surface area contributed by atoms with E-state index in [0.29, 0.717) is 0 Å². The van der Waals surface area contributed by atoms with Gasteiger partial charge in [0.25, 0.3) is 0 Å². The van der Waals surface area contributed by atoms with E-state index in [1.54, 1.807) is 24.3 Å². The highest BCUT2D eigenvalue weighted by molar-refractivity contribution is 7.94. The lowest BCUT2D eigenvalue weighted by atomic mass is 10.2. The van der Waals surface area contributed by atoms with E-state index < -0.39 is 9.84 Å². The van der Waals surface area contributed by atoms with Crippen molar-refractivity contribution in [3.63, 3.8) is 0 Å². The smallest absolute Gasteiger partial charge is 0.199 e. The third-order valence-electron chi connectivity index (χ3n) is 2.74. The van der Waals surface area contributed by atoms with Crippen molar-refractivity contribution in [2.24, 2.45) is 5.92 Å². The van der Waals surface area contributed by atoms with Gasteiger partial charge in [-0.1, -0.05) is 17.7 Å². The van der Waals surface area contributed by atoms with Gasteiger partial charge in [-0.3, -0.25) is 4.79 Å². The molecular formula is C13H14O3S. The van der Waals surface area contributed by atoms with Crippen LogP contribution in [-0.4, -0.2) is 14.2 Å². The molecule has 0 amide bonds. The highest BCUT2D eigenvalue weighted by Crippen LogP contribution is 2.30. The Morgan fingerprint density at radius 3 is 2.35 bits per heavy atom. The predicted octanol–water partition coefficient (Wildman–Crippen LogP) is 2.26. The van der Waals surface area contributed by atoms with E-state index in [-0.39, 0.29) is 16.6 Å². The minimum Gasteiger partial charge on any atom is -0.295 e. The zero-order chi connectivity index (χ0) is 12.5. The first-order chi connectivity index (χ1) is 7.99. The Labute approximate surface area is 101 Å². The second-order valence-corrected chi connectivity index (χ2v) is 6.17. The number of hydrogen-bond donors (Lipinski definition) is 0. The molecule has 0 unspecified atom stereocenters. The third kappa shape index (κ3) is 3.03. The Bertz CT molecular complexity index is 549. The molecule has 0 spiro atoms. The summed E-state index contributed by atoms with van der Waals surface area (Å²) in [5, 5.41) is 1.01. The van der Waals surface area contributed by atoms with E-state index in [4.69, 9.17) is 0 Å². The molecule has 90 valence electrons. The molecule has 0 atom stereocenters. The van der Waals surface area contributed by atoms with Crippen LogP contribution in [0.1, 0.15) is 18.4 Å². The summed E-state index contributed by atoms with van der Waals surface area (Å²) < 4.78 is 23.7. The van der Waals surface area contributed by atoms with Gasteiger partial charge in [0.2, 0.25) is 0 Å². The van der Waals surface area contributed by atoms with E-state index in [1.165, 1.54) is 6.08 Å². The number of ketones is 1. The molecule has 0 aromatic heterocycles. The van der Waals surface area contributed by atoms with Gasteiger partial charge >= 0.3 is 0 Å². The van der Waals surface area contributed by atoms with Crippen LogP contribution in [-0.2, 0) is 14.6 Å². The summed E-state index contributed by atoms with van der Waals surface area (Å²) in [6.07, 6.45) is 2.95. The fraction of sp³-hybridized carbons (Fsp3) is 0.308. The Hall–Kier alpha value is -1.42. The summed E-state index contributed by atoms with van der Waals surface area (Å²) in [4.78, 5) is 11.6. The zero-order valence-electron chi connectivity index (χ0n) is 9.59. The van der Waals surface area contributed by atoms with Crippen LogP contribution in [0.3, 0.4) is 0 Å². The molecule has 1 aromatic rings. The van der Waals surface area contributed by atoms with Crippen molar-refractivity contribution in [2.75, 3.05) is 0 Å². The summed E-state index contributed by atoms with van der Waals surface area (Å²) in [5.74, 6) is -0.0276. The molecule has 1 aromatic carbocycles. The Morgan fingerprint density at radius 1 is 1.24 bits per heavy atom. The molecule has 0 saturated heterocycles. The number of sulfone groups is 1. The van der Waals surface area contributed by atoms with Crippen molar-refractivity contribution in [1.82, 2.24) is 0 Å². The average Bonchev–Trinajstić information content (AvgIpc) is 3.10. The number of aryl methyl sites for hydroxylation is 1. The van der Waals surface area contributed by atoms with E-state index in [0.717, 1.165) is 23.8 Å². The molecule has 0 heterocycles. The van der Waals surface area contributed by atoms with Gasteiger partial charge in [-0.25, -0.2) is 8.42 Å². The van der Waals surface area contributed by atoms with Crippen molar-refractivity contribution in [1.29, 1.82) is 0 Å². The standard InChI is InChI=1S/C13H14O3S/c1-10-2-6-12(7-3-10)17(15,16)9-8-13(14)11-4-5-11/h2-3,6-9,11H,4-5H2,1H3/b9-8-. The largest absolute Gasteiger partial charge is 0.295 e. The maximum atomic E-state index is 11.9. The highest BCUT2D eigenvalue weighted by atomic mass is 32.2. The van der Waals surface area contributed by atoms with Crippen LogP contribution in [0.15, 0.2) is 40.6 Å². The number of benzene rings is 1. The van der Waals surface area contributed by atoms with Crippen LogP contribution in [0.5, 0.6) is 0 Å². The normalized spacial score (nSPS) is 16.3. The summed E-state index contributed by atoms with van der Waals surface area (Å²) in [6.45, 7) is 1.89. The molecule has 4 heteroatoms. The van der Waals surface area contributed by atoms with Crippen LogP contribution >= 0.6 is 0 Å². The quantitative estimate of drug-likeness (QED) is 0.770. The number of rotatable bonds is 4. The van der Waals surface area contributed by atoms with E-state index in [1.807, 2.05) is 6.92 Å². The van der Waals surface area contributed by atoms with Gasteiger partial charge < -0.3 is 0 Å². The summed E-state index contributed by atoms with van der Waals surface area (Å²) >= 11 is 0. The van der Waals surface area contributed by atoms with E-state index in [9.17, 15) is 13.2 Å². The van der Waals surface area contributed by atoms with Gasteiger partial charge in [0.15, 0.2) is 15.6 Å². The maximum Gasteiger partial charge on any atom is 0.199 e. The van der Waals surface area contributed by atoms with Gasteiger partial charge in [-0.15, -0.1) is 0 Å². The second-order valence-electron chi connectivity index (χ2n) is 4.34. The predicted molar refractivity (Wildman–Crippen MR) is 65.2 cm³/mol. The molecule has 1 aliphatic rings. The van der Waals surface area contributed by atoms with Crippen molar-refractivity contribution in [3.8, 4) is 0 Å². The summed E-state index contributed by atoms with van der Waals surface area (Å²) in [6, 6.07) is 6.58. The van der Waals surface area contributed by atoms with Gasteiger partial charge in [0.1, 0.15) is 0 Å². The molecule has 0 bridgehead atoms. The highest BCUT2D eigenvalue weighted by Gasteiger charge is 2.27. The first-order valence-corrected chi connectivity index (χ1v) is 7.07. The second kappa shape index (κ2) is 4.45. The van der Waals surface area contributed by atoms with Gasteiger partial charge in [-0.2, -0.15) is 0 Å². The van der Waals surface area contributed by atoms with E-state index in [2.05, 4.69) is 0 Å². The minimum absolute atomic E-state index is 0.0551. The minimum atomic E-state index is -3.48. The first-order valence-electron chi connectivity index (χ1n) is 5.53. The van der Waals surface area contributed by atoms with Crippen LogP contribution in [0, 0.1) is 12.8 Å². The van der Waals surface area contributed by atoms with Crippen LogP contribution in [0.25, 0.3) is 0 Å². The molecule has 1 fully saturated rings.